The van der Waals surface area contributed by atoms with Crippen molar-refractivity contribution in [2.75, 3.05) is 5.32 Å². The van der Waals surface area contributed by atoms with E-state index in [-0.39, 0.29) is 0 Å². The first-order chi connectivity index (χ1) is 8.35. The van der Waals surface area contributed by atoms with Gasteiger partial charge in [0.1, 0.15) is 0 Å². The molecule has 2 heteroatoms. The van der Waals surface area contributed by atoms with Crippen molar-refractivity contribution in [3.05, 3.63) is 51.7 Å². The average Bonchev–Trinajstić information content (AvgIpc) is 2.88. The standard InChI is InChI=1S/C15H19NS/c1-3-12-7-5-8-13(4-2)15(12)16-11-14-9-6-10-17-14/h5-10,16H,3-4,11H2,1-2H3. The third-order valence-corrected chi connectivity index (χ3v) is 3.89. The summed E-state index contributed by atoms with van der Waals surface area (Å²) in [7, 11) is 0. The highest BCUT2D eigenvalue weighted by molar-refractivity contribution is 7.09. The maximum Gasteiger partial charge on any atom is 0.0494 e. The van der Waals surface area contributed by atoms with Gasteiger partial charge in [0, 0.05) is 17.1 Å². The lowest BCUT2D eigenvalue weighted by molar-refractivity contribution is 1.06. The second kappa shape index (κ2) is 5.87. The minimum absolute atomic E-state index is 0.932. The van der Waals surface area contributed by atoms with Crippen LogP contribution in [0.5, 0.6) is 0 Å². The van der Waals surface area contributed by atoms with Gasteiger partial charge in [-0.15, -0.1) is 11.3 Å². The number of hydrogen-bond acceptors (Lipinski definition) is 2. The number of hydrogen-bond donors (Lipinski definition) is 1. The van der Waals surface area contributed by atoms with E-state index < -0.39 is 0 Å². The first-order valence-electron chi connectivity index (χ1n) is 6.22. The quantitative estimate of drug-likeness (QED) is 0.818. The van der Waals surface area contributed by atoms with Crippen molar-refractivity contribution >= 4 is 17.0 Å². The molecule has 2 rings (SSSR count). The highest BCUT2D eigenvalue weighted by Crippen LogP contribution is 2.23. The van der Waals surface area contributed by atoms with E-state index in [0.717, 1.165) is 19.4 Å². The predicted octanol–water partition coefficient (Wildman–Crippen LogP) is 4.49. The molecule has 0 bridgehead atoms. The fraction of sp³-hybridized carbons (Fsp3) is 0.333. The van der Waals surface area contributed by atoms with Gasteiger partial charge in [-0.05, 0) is 35.4 Å². The van der Waals surface area contributed by atoms with Crippen molar-refractivity contribution in [3.8, 4) is 0 Å². The molecule has 1 heterocycles. The lowest BCUT2D eigenvalue weighted by Crippen LogP contribution is -2.04. The molecule has 0 unspecified atom stereocenters. The van der Waals surface area contributed by atoms with Gasteiger partial charge in [-0.3, -0.25) is 0 Å². The maximum absolute atomic E-state index is 3.60. The van der Waals surface area contributed by atoms with Crippen LogP contribution in [-0.4, -0.2) is 0 Å². The van der Waals surface area contributed by atoms with E-state index in [4.69, 9.17) is 0 Å². The molecule has 90 valence electrons. The number of thiophene rings is 1. The summed E-state index contributed by atoms with van der Waals surface area (Å²) >= 11 is 1.81. The Balaban J connectivity index is 2.18. The largest absolute Gasteiger partial charge is 0.380 e. The predicted molar refractivity (Wildman–Crippen MR) is 76.8 cm³/mol. The molecule has 0 atom stereocenters. The second-order valence-electron chi connectivity index (χ2n) is 4.09. The maximum atomic E-state index is 3.60. The van der Waals surface area contributed by atoms with Gasteiger partial charge < -0.3 is 5.32 Å². The van der Waals surface area contributed by atoms with Crippen LogP contribution in [0.4, 0.5) is 5.69 Å². The molecule has 0 saturated heterocycles. The van der Waals surface area contributed by atoms with Crippen molar-refractivity contribution in [2.24, 2.45) is 0 Å². The Morgan fingerprint density at radius 3 is 2.24 bits per heavy atom. The molecule has 1 N–H and O–H groups in total. The molecule has 0 saturated carbocycles. The average molecular weight is 245 g/mol. The van der Waals surface area contributed by atoms with E-state index in [2.05, 4.69) is 54.9 Å². The SMILES string of the molecule is CCc1cccc(CC)c1NCc1cccs1. The van der Waals surface area contributed by atoms with Crippen LogP contribution in [0.15, 0.2) is 35.7 Å². The van der Waals surface area contributed by atoms with Crippen LogP contribution in [-0.2, 0) is 19.4 Å². The van der Waals surface area contributed by atoms with E-state index in [1.54, 1.807) is 11.3 Å². The van der Waals surface area contributed by atoms with Crippen LogP contribution >= 0.6 is 11.3 Å². The van der Waals surface area contributed by atoms with Crippen molar-refractivity contribution < 1.29 is 0 Å². The molecule has 0 fully saturated rings. The molecule has 0 aliphatic heterocycles. The third kappa shape index (κ3) is 2.89. The summed E-state index contributed by atoms with van der Waals surface area (Å²) in [5, 5.41) is 5.72. The summed E-state index contributed by atoms with van der Waals surface area (Å²) in [4.78, 5) is 1.39. The smallest absolute Gasteiger partial charge is 0.0494 e. The normalized spacial score (nSPS) is 10.5. The molecular weight excluding hydrogens is 226 g/mol. The summed E-state index contributed by atoms with van der Waals surface area (Å²) in [6, 6.07) is 10.9. The van der Waals surface area contributed by atoms with Crippen molar-refractivity contribution in [3.63, 3.8) is 0 Å². The molecule has 0 aliphatic rings. The molecule has 0 aliphatic carbocycles. The minimum atomic E-state index is 0.932. The van der Waals surface area contributed by atoms with Gasteiger partial charge in [-0.2, -0.15) is 0 Å². The Labute approximate surface area is 108 Å². The third-order valence-electron chi connectivity index (χ3n) is 3.02. The number of anilines is 1. The fourth-order valence-electron chi connectivity index (χ4n) is 2.06. The summed E-state index contributed by atoms with van der Waals surface area (Å²) in [6.45, 7) is 5.36. The molecule has 1 aromatic carbocycles. The highest BCUT2D eigenvalue weighted by atomic mass is 32.1. The summed E-state index contributed by atoms with van der Waals surface area (Å²) in [6.07, 6.45) is 2.17. The summed E-state index contributed by atoms with van der Waals surface area (Å²) in [5.74, 6) is 0. The molecule has 17 heavy (non-hydrogen) atoms. The molecule has 0 radical (unpaired) electrons. The van der Waals surface area contributed by atoms with E-state index >= 15 is 0 Å². The fourth-order valence-corrected chi connectivity index (χ4v) is 2.70. The van der Waals surface area contributed by atoms with Gasteiger partial charge in [-0.1, -0.05) is 38.1 Å². The highest BCUT2D eigenvalue weighted by Gasteiger charge is 2.05. The Kier molecular flexibility index (Phi) is 4.21. The summed E-state index contributed by atoms with van der Waals surface area (Å²) < 4.78 is 0. The topological polar surface area (TPSA) is 12.0 Å². The van der Waals surface area contributed by atoms with Crippen LogP contribution in [0.1, 0.15) is 29.9 Å². The number of para-hydroxylation sites is 1. The zero-order valence-corrected chi connectivity index (χ0v) is 11.3. The number of aryl methyl sites for hydroxylation is 2. The molecule has 1 aromatic heterocycles. The monoisotopic (exact) mass is 245 g/mol. The van der Waals surface area contributed by atoms with Gasteiger partial charge >= 0.3 is 0 Å². The molecule has 1 nitrogen and oxygen atoms in total. The zero-order chi connectivity index (χ0) is 12.1. The lowest BCUT2D eigenvalue weighted by atomic mass is 10.0. The van der Waals surface area contributed by atoms with Crippen molar-refractivity contribution in [2.45, 2.75) is 33.2 Å². The minimum Gasteiger partial charge on any atom is -0.380 e. The first-order valence-corrected chi connectivity index (χ1v) is 7.10. The number of nitrogens with one attached hydrogen (secondary N) is 1. The summed E-state index contributed by atoms with van der Waals surface area (Å²) in [5.41, 5.74) is 4.17. The van der Waals surface area contributed by atoms with E-state index in [1.165, 1.54) is 21.7 Å². The molecule has 0 spiro atoms. The van der Waals surface area contributed by atoms with E-state index in [1.807, 2.05) is 0 Å². The van der Waals surface area contributed by atoms with Crippen LogP contribution in [0.2, 0.25) is 0 Å². The molecule has 2 aromatic rings. The van der Waals surface area contributed by atoms with Gasteiger partial charge in [0.15, 0.2) is 0 Å². The second-order valence-corrected chi connectivity index (χ2v) is 5.12. The molecule has 0 amide bonds. The van der Waals surface area contributed by atoms with Gasteiger partial charge in [-0.25, -0.2) is 0 Å². The number of benzene rings is 1. The van der Waals surface area contributed by atoms with Gasteiger partial charge in [0.2, 0.25) is 0 Å². The Bertz CT molecular complexity index is 438. The lowest BCUT2D eigenvalue weighted by Gasteiger charge is -2.14. The van der Waals surface area contributed by atoms with Gasteiger partial charge in [0.25, 0.3) is 0 Å². The Morgan fingerprint density at radius 1 is 1.00 bits per heavy atom. The van der Waals surface area contributed by atoms with E-state index in [9.17, 15) is 0 Å². The molecular formula is C15H19NS. The first kappa shape index (κ1) is 12.2. The van der Waals surface area contributed by atoms with Gasteiger partial charge in [0.05, 0.1) is 0 Å². The van der Waals surface area contributed by atoms with Crippen LogP contribution in [0.3, 0.4) is 0 Å². The van der Waals surface area contributed by atoms with E-state index in [0.29, 0.717) is 0 Å². The van der Waals surface area contributed by atoms with Crippen molar-refractivity contribution in [1.82, 2.24) is 0 Å². The van der Waals surface area contributed by atoms with Crippen molar-refractivity contribution in [1.29, 1.82) is 0 Å². The van der Waals surface area contributed by atoms with Crippen LogP contribution in [0.25, 0.3) is 0 Å². The van der Waals surface area contributed by atoms with Crippen LogP contribution < -0.4 is 5.32 Å². The zero-order valence-electron chi connectivity index (χ0n) is 10.5. The Morgan fingerprint density at radius 2 is 1.71 bits per heavy atom. The number of rotatable bonds is 5. The van der Waals surface area contributed by atoms with Crippen LogP contribution in [0, 0.1) is 0 Å². The Hall–Kier alpha value is -1.28.